The minimum Gasteiger partial charge on any atom is -0.482 e. The lowest BCUT2D eigenvalue weighted by molar-refractivity contribution is -0.110. The predicted octanol–water partition coefficient (Wildman–Crippen LogP) is 3.61. The largest absolute Gasteiger partial charge is 0.482 e. The summed E-state index contributed by atoms with van der Waals surface area (Å²) in [5, 5.41) is 11.9. The van der Waals surface area contributed by atoms with Gasteiger partial charge in [-0.3, -0.25) is 4.79 Å². The van der Waals surface area contributed by atoms with E-state index in [9.17, 15) is 19.1 Å². The first kappa shape index (κ1) is 15.4. The first-order valence-corrected chi connectivity index (χ1v) is 7.71. The van der Waals surface area contributed by atoms with Crippen LogP contribution in [-0.4, -0.2) is 17.0 Å². The van der Waals surface area contributed by atoms with Gasteiger partial charge in [0.05, 0.1) is 11.1 Å². The SMILES string of the molecule is CC1(C)O/C(=C2/C(=O)Nc3ccc(F)cc32)c2ccc(C(=O)O)cc21. The molecule has 0 spiro atoms. The maximum Gasteiger partial charge on any atom is 0.335 e. The number of rotatable bonds is 1. The van der Waals surface area contributed by atoms with E-state index in [1.807, 2.05) is 0 Å². The van der Waals surface area contributed by atoms with Crippen molar-refractivity contribution in [3.63, 3.8) is 0 Å². The lowest BCUT2D eigenvalue weighted by Gasteiger charge is -2.19. The number of fused-ring (bicyclic) bond motifs is 2. The summed E-state index contributed by atoms with van der Waals surface area (Å²) in [6.07, 6.45) is 0. The van der Waals surface area contributed by atoms with Crippen LogP contribution < -0.4 is 5.32 Å². The number of hydrogen-bond acceptors (Lipinski definition) is 3. The summed E-state index contributed by atoms with van der Waals surface area (Å²) < 4.78 is 19.7. The highest BCUT2D eigenvalue weighted by Gasteiger charge is 2.40. The average molecular weight is 339 g/mol. The van der Waals surface area contributed by atoms with Crippen molar-refractivity contribution in [2.24, 2.45) is 0 Å². The summed E-state index contributed by atoms with van der Waals surface area (Å²) in [5.74, 6) is -1.53. The van der Waals surface area contributed by atoms with Crippen LogP contribution in [0.2, 0.25) is 0 Å². The van der Waals surface area contributed by atoms with E-state index in [4.69, 9.17) is 4.74 Å². The number of amides is 1. The van der Waals surface area contributed by atoms with E-state index < -0.39 is 17.4 Å². The number of carboxylic acid groups (broad SMARTS) is 1. The number of benzene rings is 2. The monoisotopic (exact) mass is 339 g/mol. The Bertz CT molecular complexity index is 991. The molecule has 6 heteroatoms. The van der Waals surface area contributed by atoms with Crippen molar-refractivity contribution in [1.82, 2.24) is 0 Å². The molecule has 0 aromatic heterocycles. The number of hydrogen-bond donors (Lipinski definition) is 2. The van der Waals surface area contributed by atoms with Gasteiger partial charge in [-0.1, -0.05) is 0 Å². The number of halogens is 1. The van der Waals surface area contributed by atoms with Gasteiger partial charge in [0.15, 0.2) is 0 Å². The van der Waals surface area contributed by atoms with Gasteiger partial charge in [0.1, 0.15) is 17.2 Å². The fourth-order valence-electron chi connectivity index (χ4n) is 3.29. The summed E-state index contributed by atoms with van der Waals surface area (Å²) >= 11 is 0. The Hall–Kier alpha value is -3.15. The quantitative estimate of drug-likeness (QED) is 0.778. The van der Waals surface area contributed by atoms with E-state index >= 15 is 0 Å². The number of carbonyl (C=O) groups is 2. The van der Waals surface area contributed by atoms with Crippen LogP contribution in [0.4, 0.5) is 10.1 Å². The lowest BCUT2D eigenvalue weighted by atomic mass is 9.92. The molecule has 2 heterocycles. The smallest absolute Gasteiger partial charge is 0.335 e. The molecule has 4 rings (SSSR count). The molecule has 25 heavy (non-hydrogen) atoms. The zero-order chi connectivity index (χ0) is 17.9. The Labute approximate surface area is 142 Å². The number of nitrogens with one attached hydrogen (secondary N) is 1. The summed E-state index contributed by atoms with van der Waals surface area (Å²) in [4.78, 5) is 23.7. The third kappa shape index (κ3) is 2.21. The summed E-state index contributed by atoms with van der Waals surface area (Å²) in [6, 6.07) is 8.70. The van der Waals surface area contributed by atoms with Gasteiger partial charge in [0.2, 0.25) is 0 Å². The topological polar surface area (TPSA) is 75.6 Å². The molecular formula is C19H14FNO4. The average Bonchev–Trinajstić information content (AvgIpc) is 3.00. The molecule has 0 unspecified atom stereocenters. The van der Waals surface area contributed by atoms with Gasteiger partial charge in [0.25, 0.3) is 5.91 Å². The van der Waals surface area contributed by atoms with Crippen LogP contribution in [0.15, 0.2) is 36.4 Å². The molecule has 0 atom stereocenters. The van der Waals surface area contributed by atoms with Crippen LogP contribution in [-0.2, 0) is 15.1 Å². The number of aromatic carboxylic acids is 1. The Kier molecular flexibility index (Phi) is 3.03. The van der Waals surface area contributed by atoms with Crippen molar-refractivity contribution >= 4 is 28.9 Å². The molecule has 0 saturated carbocycles. The van der Waals surface area contributed by atoms with Crippen LogP contribution in [0, 0.1) is 5.82 Å². The Morgan fingerprint density at radius 2 is 1.92 bits per heavy atom. The molecule has 5 nitrogen and oxygen atoms in total. The van der Waals surface area contributed by atoms with Gasteiger partial charge in [0, 0.05) is 22.4 Å². The van der Waals surface area contributed by atoms with Gasteiger partial charge in [-0.2, -0.15) is 0 Å². The van der Waals surface area contributed by atoms with Crippen LogP contribution in [0.25, 0.3) is 11.3 Å². The van der Waals surface area contributed by atoms with Crippen molar-refractivity contribution in [2.45, 2.75) is 19.4 Å². The molecule has 0 radical (unpaired) electrons. The van der Waals surface area contributed by atoms with Crippen molar-refractivity contribution in [3.05, 3.63) is 64.5 Å². The summed E-state index contributed by atoms with van der Waals surface area (Å²) in [6.45, 7) is 3.59. The van der Waals surface area contributed by atoms with Crippen molar-refractivity contribution in [2.75, 3.05) is 5.32 Å². The highest BCUT2D eigenvalue weighted by atomic mass is 19.1. The molecule has 126 valence electrons. The molecule has 2 aromatic carbocycles. The third-order valence-corrected chi connectivity index (χ3v) is 4.47. The summed E-state index contributed by atoms with van der Waals surface area (Å²) in [5.41, 5.74) is 1.86. The zero-order valence-corrected chi connectivity index (χ0v) is 13.5. The lowest BCUT2D eigenvalue weighted by Crippen LogP contribution is -2.15. The number of ether oxygens (including phenoxy) is 1. The molecule has 2 N–H and O–H groups in total. The normalized spacial score (nSPS) is 19.9. The highest BCUT2D eigenvalue weighted by Crippen LogP contribution is 2.48. The molecular weight excluding hydrogens is 325 g/mol. The molecule has 2 aliphatic heterocycles. The predicted molar refractivity (Wildman–Crippen MR) is 89.4 cm³/mol. The Morgan fingerprint density at radius 3 is 2.64 bits per heavy atom. The molecule has 0 fully saturated rings. The third-order valence-electron chi connectivity index (χ3n) is 4.47. The van der Waals surface area contributed by atoms with Gasteiger partial charge < -0.3 is 15.2 Å². The Morgan fingerprint density at radius 1 is 1.16 bits per heavy atom. The van der Waals surface area contributed by atoms with Gasteiger partial charge in [-0.25, -0.2) is 9.18 Å². The molecule has 0 aliphatic carbocycles. The zero-order valence-electron chi connectivity index (χ0n) is 13.5. The highest BCUT2D eigenvalue weighted by molar-refractivity contribution is 6.36. The molecule has 0 bridgehead atoms. The van der Waals surface area contributed by atoms with E-state index in [1.54, 1.807) is 26.0 Å². The fourth-order valence-corrected chi connectivity index (χ4v) is 3.29. The van der Waals surface area contributed by atoms with E-state index in [2.05, 4.69) is 5.32 Å². The second kappa shape index (κ2) is 4.92. The molecule has 1 amide bonds. The van der Waals surface area contributed by atoms with Crippen LogP contribution >= 0.6 is 0 Å². The van der Waals surface area contributed by atoms with Gasteiger partial charge >= 0.3 is 5.97 Å². The van der Waals surface area contributed by atoms with Crippen LogP contribution in [0.1, 0.15) is 40.9 Å². The number of carbonyl (C=O) groups excluding carboxylic acids is 1. The number of carboxylic acids is 1. The standard InChI is InChI=1S/C19H14FNO4/c1-19(2)13-7-9(18(23)24)3-5-11(13)16(25-19)15-12-8-10(20)4-6-14(12)21-17(15)22/h3-8H,1-2H3,(H,21,22)(H,23,24)/b16-15+. The van der Waals surface area contributed by atoms with E-state index in [-0.39, 0.29) is 17.0 Å². The van der Waals surface area contributed by atoms with E-state index in [1.165, 1.54) is 24.3 Å². The minimum absolute atomic E-state index is 0.143. The molecule has 0 saturated heterocycles. The number of anilines is 1. The second-order valence-corrected chi connectivity index (χ2v) is 6.53. The first-order valence-electron chi connectivity index (χ1n) is 7.71. The molecule has 2 aromatic rings. The van der Waals surface area contributed by atoms with Gasteiger partial charge in [-0.05, 0) is 50.2 Å². The van der Waals surface area contributed by atoms with Crippen molar-refractivity contribution in [1.29, 1.82) is 0 Å². The van der Waals surface area contributed by atoms with Crippen molar-refractivity contribution < 1.29 is 23.8 Å². The van der Waals surface area contributed by atoms with E-state index in [0.29, 0.717) is 28.1 Å². The summed E-state index contributed by atoms with van der Waals surface area (Å²) in [7, 11) is 0. The van der Waals surface area contributed by atoms with Crippen LogP contribution in [0.5, 0.6) is 0 Å². The minimum atomic E-state index is -1.04. The first-order chi connectivity index (χ1) is 11.8. The fraction of sp³-hybridized carbons (Fsp3) is 0.158. The van der Waals surface area contributed by atoms with E-state index in [0.717, 1.165) is 0 Å². The maximum absolute atomic E-state index is 13.7. The van der Waals surface area contributed by atoms with Crippen molar-refractivity contribution in [3.8, 4) is 0 Å². The van der Waals surface area contributed by atoms with Crippen LogP contribution in [0.3, 0.4) is 0 Å². The Balaban J connectivity index is 1.98. The maximum atomic E-state index is 13.7. The molecule has 2 aliphatic rings. The van der Waals surface area contributed by atoms with Gasteiger partial charge in [-0.15, -0.1) is 0 Å². The second-order valence-electron chi connectivity index (χ2n) is 6.53.